The van der Waals surface area contributed by atoms with Gasteiger partial charge in [-0.25, -0.2) is 0 Å². The minimum atomic E-state index is -0.225. The van der Waals surface area contributed by atoms with Gasteiger partial charge in [-0.3, -0.25) is 24.2 Å². The standard InChI is InChI=1S/C13H22N4O3/c1-2-15-13(20)10-9-14-5-6-16(10)7-8-17-11(18)3-4-12(17)19/h10,14H,2-9H2,1H3,(H,15,20). The number of piperazine rings is 1. The van der Waals surface area contributed by atoms with Crippen LogP contribution < -0.4 is 10.6 Å². The van der Waals surface area contributed by atoms with Crippen LogP contribution in [0.4, 0.5) is 0 Å². The van der Waals surface area contributed by atoms with Crippen molar-refractivity contribution in [2.45, 2.75) is 25.8 Å². The second kappa shape index (κ2) is 6.81. The fourth-order valence-corrected chi connectivity index (χ4v) is 2.67. The SMILES string of the molecule is CCNC(=O)C1CNCCN1CCN1C(=O)CCC1=O. The number of amides is 3. The van der Waals surface area contributed by atoms with E-state index in [1.165, 1.54) is 4.90 Å². The lowest BCUT2D eigenvalue weighted by Crippen LogP contribution is -2.59. The lowest BCUT2D eigenvalue weighted by Gasteiger charge is -2.35. The Bertz CT molecular complexity index is 383. The molecule has 2 aliphatic rings. The van der Waals surface area contributed by atoms with Crippen molar-refractivity contribution in [2.75, 3.05) is 39.3 Å². The minimum Gasteiger partial charge on any atom is -0.355 e. The molecular formula is C13H22N4O3. The Kier molecular flexibility index (Phi) is 5.08. The van der Waals surface area contributed by atoms with E-state index in [0.29, 0.717) is 39.0 Å². The summed E-state index contributed by atoms with van der Waals surface area (Å²) in [5.41, 5.74) is 0. The van der Waals surface area contributed by atoms with E-state index in [-0.39, 0.29) is 23.8 Å². The average molecular weight is 282 g/mol. The summed E-state index contributed by atoms with van der Waals surface area (Å²) >= 11 is 0. The highest BCUT2D eigenvalue weighted by atomic mass is 16.2. The quantitative estimate of drug-likeness (QED) is 0.603. The molecule has 2 N–H and O–H groups in total. The molecule has 0 aromatic rings. The summed E-state index contributed by atoms with van der Waals surface area (Å²) in [6.07, 6.45) is 0.639. The predicted octanol–water partition coefficient (Wildman–Crippen LogP) is -1.45. The van der Waals surface area contributed by atoms with Crippen molar-refractivity contribution in [1.82, 2.24) is 20.4 Å². The summed E-state index contributed by atoms with van der Waals surface area (Å²) in [4.78, 5) is 38.5. The van der Waals surface area contributed by atoms with Crippen LogP contribution in [0.15, 0.2) is 0 Å². The van der Waals surface area contributed by atoms with Gasteiger partial charge in [0.25, 0.3) is 0 Å². The van der Waals surface area contributed by atoms with Crippen LogP contribution in [0.3, 0.4) is 0 Å². The molecule has 7 nitrogen and oxygen atoms in total. The van der Waals surface area contributed by atoms with E-state index in [2.05, 4.69) is 10.6 Å². The van der Waals surface area contributed by atoms with Crippen molar-refractivity contribution in [3.63, 3.8) is 0 Å². The van der Waals surface area contributed by atoms with Gasteiger partial charge in [0.2, 0.25) is 17.7 Å². The fourth-order valence-electron chi connectivity index (χ4n) is 2.67. The first-order valence-electron chi connectivity index (χ1n) is 7.19. The zero-order chi connectivity index (χ0) is 14.5. The minimum absolute atomic E-state index is 0.00113. The van der Waals surface area contributed by atoms with Crippen molar-refractivity contribution in [3.8, 4) is 0 Å². The topological polar surface area (TPSA) is 81.8 Å². The Labute approximate surface area is 118 Å². The second-order valence-corrected chi connectivity index (χ2v) is 5.09. The summed E-state index contributed by atoms with van der Waals surface area (Å²) in [5, 5.41) is 6.02. The Morgan fingerprint density at radius 1 is 1.30 bits per heavy atom. The Morgan fingerprint density at radius 3 is 2.65 bits per heavy atom. The zero-order valence-electron chi connectivity index (χ0n) is 11.9. The molecule has 2 saturated heterocycles. The van der Waals surface area contributed by atoms with Crippen LogP contribution in [-0.2, 0) is 14.4 Å². The first-order valence-corrected chi connectivity index (χ1v) is 7.19. The molecule has 0 spiro atoms. The van der Waals surface area contributed by atoms with Crippen LogP contribution in [0.5, 0.6) is 0 Å². The summed E-state index contributed by atoms with van der Waals surface area (Å²) in [6.45, 7) is 5.60. The maximum atomic E-state index is 12.0. The monoisotopic (exact) mass is 282 g/mol. The molecule has 2 fully saturated rings. The Morgan fingerprint density at radius 2 is 2.00 bits per heavy atom. The number of rotatable bonds is 5. The molecule has 1 unspecified atom stereocenters. The third-order valence-corrected chi connectivity index (χ3v) is 3.77. The first-order chi connectivity index (χ1) is 9.63. The van der Waals surface area contributed by atoms with Gasteiger partial charge in [-0.05, 0) is 6.92 Å². The number of carbonyl (C=O) groups is 3. The van der Waals surface area contributed by atoms with E-state index in [4.69, 9.17) is 0 Å². The summed E-state index contributed by atoms with van der Waals surface area (Å²) in [6, 6.07) is -0.225. The molecule has 20 heavy (non-hydrogen) atoms. The number of imide groups is 1. The molecule has 0 aromatic carbocycles. The molecule has 1 atom stereocenters. The van der Waals surface area contributed by atoms with E-state index in [0.717, 1.165) is 13.1 Å². The molecule has 112 valence electrons. The van der Waals surface area contributed by atoms with E-state index in [1.54, 1.807) is 0 Å². The lowest BCUT2D eigenvalue weighted by molar-refractivity contribution is -0.138. The van der Waals surface area contributed by atoms with E-state index in [9.17, 15) is 14.4 Å². The smallest absolute Gasteiger partial charge is 0.238 e. The Balaban J connectivity index is 1.90. The number of hydrogen-bond acceptors (Lipinski definition) is 5. The third-order valence-electron chi connectivity index (χ3n) is 3.77. The van der Waals surface area contributed by atoms with Crippen LogP contribution >= 0.6 is 0 Å². The molecular weight excluding hydrogens is 260 g/mol. The van der Waals surface area contributed by atoms with Crippen LogP contribution in [0, 0.1) is 0 Å². The van der Waals surface area contributed by atoms with Gasteiger partial charge in [0, 0.05) is 52.1 Å². The molecule has 0 aromatic heterocycles. The molecule has 0 radical (unpaired) electrons. The van der Waals surface area contributed by atoms with Gasteiger partial charge >= 0.3 is 0 Å². The summed E-state index contributed by atoms with van der Waals surface area (Å²) < 4.78 is 0. The number of nitrogens with zero attached hydrogens (tertiary/aromatic N) is 2. The molecule has 0 bridgehead atoms. The van der Waals surface area contributed by atoms with Crippen LogP contribution in [0.1, 0.15) is 19.8 Å². The summed E-state index contributed by atoms with van der Waals surface area (Å²) in [7, 11) is 0. The third kappa shape index (κ3) is 3.34. The van der Waals surface area contributed by atoms with Gasteiger partial charge in [0.05, 0.1) is 0 Å². The van der Waals surface area contributed by atoms with Crippen LogP contribution in [0.2, 0.25) is 0 Å². The number of nitrogens with one attached hydrogen (secondary N) is 2. The highest BCUT2D eigenvalue weighted by Gasteiger charge is 2.32. The highest BCUT2D eigenvalue weighted by molar-refractivity contribution is 6.01. The highest BCUT2D eigenvalue weighted by Crippen LogP contribution is 2.12. The average Bonchev–Trinajstić information content (AvgIpc) is 2.76. The second-order valence-electron chi connectivity index (χ2n) is 5.09. The van der Waals surface area contributed by atoms with Crippen molar-refractivity contribution < 1.29 is 14.4 Å². The maximum absolute atomic E-state index is 12.0. The maximum Gasteiger partial charge on any atom is 0.238 e. The molecule has 2 aliphatic heterocycles. The number of likely N-dealkylation sites (tertiary alicyclic amines) is 1. The van der Waals surface area contributed by atoms with Gasteiger partial charge < -0.3 is 10.6 Å². The molecule has 0 saturated carbocycles. The zero-order valence-corrected chi connectivity index (χ0v) is 11.9. The van der Waals surface area contributed by atoms with Gasteiger partial charge in [-0.1, -0.05) is 0 Å². The van der Waals surface area contributed by atoms with Gasteiger partial charge in [0.1, 0.15) is 6.04 Å². The molecule has 0 aliphatic carbocycles. The molecule has 2 heterocycles. The molecule has 7 heteroatoms. The Hall–Kier alpha value is -1.47. The molecule has 3 amide bonds. The largest absolute Gasteiger partial charge is 0.355 e. The first kappa shape index (κ1) is 14.9. The number of carbonyl (C=O) groups excluding carboxylic acids is 3. The van der Waals surface area contributed by atoms with Crippen molar-refractivity contribution in [2.24, 2.45) is 0 Å². The lowest BCUT2D eigenvalue weighted by atomic mass is 10.1. The number of hydrogen-bond donors (Lipinski definition) is 2. The van der Waals surface area contributed by atoms with E-state index < -0.39 is 0 Å². The van der Waals surface area contributed by atoms with Gasteiger partial charge in [0.15, 0.2) is 0 Å². The molecule has 2 rings (SSSR count). The van der Waals surface area contributed by atoms with Gasteiger partial charge in [-0.2, -0.15) is 0 Å². The number of likely N-dealkylation sites (N-methyl/N-ethyl adjacent to an activating group) is 1. The van der Waals surface area contributed by atoms with E-state index >= 15 is 0 Å². The van der Waals surface area contributed by atoms with Crippen molar-refractivity contribution in [3.05, 3.63) is 0 Å². The van der Waals surface area contributed by atoms with Crippen molar-refractivity contribution >= 4 is 17.7 Å². The van der Waals surface area contributed by atoms with Crippen LogP contribution in [0.25, 0.3) is 0 Å². The fraction of sp³-hybridized carbons (Fsp3) is 0.769. The van der Waals surface area contributed by atoms with E-state index in [1.807, 2.05) is 11.8 Å². The van der Waals surface area contributed by atoms with Crippen LogP contribution in [-0.4, -0.2) is 72.8 Å². The summed E-state index contributed by atoms with van der Waals surface area (Å²) in [5.74, 6) is -0.196. The van der Waals surface area contributed by atoms with Crippen molar-refractivity contribution in [1.29, 1.82) is 0 Å². The van der Waals surface area contributed by atoms with Gasteiger partial charge in [-0.15, -0.1) is 0 Å². The normalized spacial score (nSPS) is 24.2. The predicted molar refractivity (Wildman–Crippen MR) is 72.9 cm³/mol.